The molecule has 1 N–H and O–H groups in total. The van der Waals surface area contributed by atoms with Crippen molar-refractivity contribution in [3.63, 3.8) is 0 Å². The number of amides is 1. The molecular formula is C16H21NO3. The van der Waals surface area contributed by atoms with E-state index in [0.29, 0.717) is 12.3 Å². The molecule has 1 aromatic carbocycles. The highest BCUT2D eigenvalue weighted by atomic mass is 16.5. The molecule has 1 atom stereocenters. The largest absolute Gasteiger partial charge is 0.467 e. The summed E-state index contributed by atoms with van der Waals surface area (Å²) in [7, 11) is 1.33. The Hall–Kier alpha value is -1.84. The molecule has 0 spiro atoms. The highest BCUT2D eigenvalue weighted by Gasteiger charge is 2.25. The van der Waals surface area contributed by atoms with Gasteiger partial charge in [-0.25, -0.2) is 4.79 Å². The lowest BCUT2D eigenvalue weighted by Gasteiger charge is -2.18. The Morgan fingerprint density at radius 3 is 2.50 bits per heavy atom. The maximum atomic E-state index is 12.1. The van der Waals surface area contributed by atoms with Gasteiger partial charge in [0.15, 0.2) is 6.04 Å². The predicted octanol–water partition coefficient (Wildman–Crippen LogP) is 2.60. The number of hydrogen-bond acceptors (Lipinski definition) is 3. The van der Waals surface area contributed by atoms with Crippen LogP contribution in [0.1, 0.15) is 43.7 Å². The van der Waals surface area contributed by atoms with E-state index in [9.17, 15) is 9.59 Å². The molecule has 1 aliphatic carbocycles. The van der Waals surface area contributed by atoms with Gasteiger partial charge in [-0.15, -0.1) is 0 Å². The van der Waals surface area contributed by atoms with Crippen molar-refractivity contribution in [1.82, 2.24) is 5.32 Å². The van der Waals surface area contributed by atoms with Crippen LogP contribution in [-0.2, 0) is 14.3 Å². The van der Waals surface area contributed by atoms with Gasteiger partial charge in [-0.1, -0.05) is 43.2 Å². The van der Waals surface area contributed by atoms with Gasteiger partial charge in [-0.05, 0) is 24.3 Å². The zero-order valence-electron chi connectivity index (χ0n) is 11.8. The molecule has 0 unspecified atom stereocenters. The second kappa shape index (κ2) is 7.08. The second-order valence-corrected chi connectivity index (χ2v) is 5.29. The Morgan fingerprint density at radius 1 is 1.25 bits per heavy atom. The normalized spacial score (nSPS) is 16.6. The number of carbonyl (C=O) groups excluding carboxylic acids is 2. The molecular weight excluding hydrogens is 254 g/mol. The van der Waals surface area contributed by atoms with Crippen LogP contribution in [0, 0.1) is 5.92 Å². The molecule has 108 valence electrons. The van der Waals surface area contributed by atoms with Crippen LogP contribution in [-0.4, -0.2) is 19.0 Å². The monoisotopic (exact) mass is 275 g/mol. The molecule has 0 aliphatic heterocycles. The Morgan fingerprint density at radius 2 is 1.90 bits per heavy atom. The number of rotatable bonds is 5. The van der Waals surface area contributed by atoms with E-state index in [1.165, 1.54) is 20.0 Å². The Balaban J connectivity index is 2.00. The van der Waals surface area contributed by atoms with Crippen molar-refractivity contribution in [2.24, 2.45) is 5.92 Å². The summed E-state index contributed by atoms with van der Waals surface area (Å²) < 4.78 is 4.78. The molecule has 20 heavy (non-hydrogen) atoms. The quantitative estimate of drug-likeness (QED) is 0.840. The lowest BCUT2D eigenvalue weighted by atomic mass is 10.0. The first-order valence-electron chi connectivity index (χ1n) is 7.13. The molecule has 4 heteroatoms. The maximum Gasteiger partial charge on any atom is 0.333 e. The lowest BCUT2D eigenvalue weighted by molar-refractivity contribution is -0.145. The molecule has 1 aliphatic rings. The van der Waals surface area contributed by atoms with Crippen molar-refractivity contribution in [1.29, 1.82) is 0 Å². The van der Waals surface area contributed by atoms with Gasteiger partial charge in [-0.2, -0.15) is 0 Å². The van der Waals surface area contributed by atoms with Crippen LogP contribution in [0.4, 0.5) is 0 Å². The van der Waals surface area contributed by atoms with Crippen molar-refractivity contribution in [3.8, 4) is 0 Å². The average Bonchev–Trinajstić information content (AvgIpc) is 2.97. The molecule has 4 nitrogen and oxygen atoms in total. The molecule has 1 fully saturated rings. The standard InChI is InChI=1S/C16H21NO3/c1-20-16(19)15(13-9-3-2-4-10-13)17-14(18)11-12-7-5-6-8-12/h2-4,9-10,12,15H,5-8,11H2,1H3,(H,17,18)/t15-/m0/s1. The highest BCUT2D eigenvalue weighted by Crippen LogP contribution is 2.27. The van der Waals surface area contributed by atoms with Crippen LogP contribution >= 0.6 is 0 Å². The number of carbonyl (C=O) groups is 2. The fourth-order valence-corrected chi connectivity index (χ4v) is 2.74. The fraction of sp³-hybridized carbons (Fsp3) is 0.500. The zero-order chi connectivity index (χ0) is 14.4. The smallest absolute Gasteiger partial charge is 0.333 e. The van der Waals surface area contributed by atoms with Crippen molar-refractivity contribution in [2.75, 3.05) is 7.11 Å². The Bertz CT molecular complexity index is 452. The first-order chi connectivity index (χ1) is 9.70. The van der Waals surface area contributed by atoms with Crippen LogP contribution in [0.2, 0.25) is 0 Å². The van der Waals surface area contributed by atoms with E-state index >= 15 is 0 Å². The Labute approximate surface area is 119 Å². The van der Waals surface area contributed by atoms with Gasteiger partial charge in [0.2, 0.25) is 5.91 Å². The van der Waals surface area contributed by atoms with Gasteiger partial charge in [0.25, 0.3) is 0 Å². The number of nitrogens with one attached hydrogen (secondary N) is 1. The first-order valence-corrected chi connectivity index (χ1v) is 7.13. The molecule has 0 aromatic heterocycles. The summed E-state index contributed by atoms with van der Waals surface area (Å²) in [6, 6.07) is 8.48. The summed E-state index contributed by atoms with van der Waals surface area (Å²) in [5.41, 5.74) is 0.749. The molecule has 2 rings (SSSR count). The molecule has 1 saturated carbocycles. The maximum absolute atomic E-state index is 12.1. The van der Waals surface area contributed by atoms with Crippen LogP contribution in [0.3, 0.4) is 0 Å². The number of hydrogen-bond donors (Lipinski definition) is 1. The summed E-state index contributed by atoms with van der Waals surface area (Å²) in [4.78, 5) is 23.9. The third-order valence-corrected chi connectivity index (χ3v) is 3.82. The van der Waals surface area contributed by atoms with Gasteiger partial charge < -0.3 is 10.1 Å². The van der Waals surface area contributed by atoms with E-state index in [1.54, 1.807) is 0 Å². The number of methoxy groups -OCH3 is 1. The van der Waals surface area contributed by atoms with E-state index < -0.39 is 12.0 Å². The number of ether oxygens (including phenoxy) is 1. The minimum absolute atomic E-state index is 0.0730. The number of esters is 1. The minimum atomic E-state index is -0.713. The van der Waals surface area contributed by atoms with E-state index in [-0.39, 0.29) is 5.91 Å². The third-order valence-electron chi connectivity index (χ3n) is 3.82. The van der Waals surface area contributed by atoms with Gasteiger partial charge in [0.1, 0.15) is 0 Å². The molecule has 1 amide bonds. The molecule has 0 saturated heterocycles. The number of benzene rings is 1. The third kappa shape index (κ3) is 3.83. The fourth-order valence-electron chi connectivity index (χ4n) is 2.74. The first kappa shape index (κ1) is 14.6. The van der Waals surface area contributed by atoms with Gasteiger partial charge in [0, 0.05) is 6.42 Å². The van der Waals surface area contributed by atoms with Gasteiger partial charge in [-0.3, -0.25) is 4.79 Å². The second-order valence-electron chi connectivity index (χ2n) is 5.29. The zero-order valence-corrected chi connectivity index (χ0v) is 11.8. The summed E-state index contributed by atoms with van der Waals surface area (Å²) in [5.74, 6) is -0.0452. The van der Waals surface area contributed by atoms with Crippen molar-refractivity contribution < 1.29 is 14.3 Å². The van der Waals surface area contributed by atoms with E-state index in [4.69, 9.17) is 4.74 Å². The summed E-state index contributed by atoms with van der Waals surface area (Å²) in [6.45, 7) is 0. The van der Waals surface area contributed by atoms with Gasteiger partial charge in [0.05, 0.1) is 7.11 Å². The average molecular weight is 275 g/mol. The summed E-state index contributed by atoms with van der Waals surface area (Å²) in [6.07, 6.45) is 5.14. The van der Waals surface area contributed by atoms with Crippen LogP contribution in [0.25, 0.3) is 0 Å². The summed E-state index contributed by atoms with van der Waals surface area (Å²) >= 11 is 0. The van der Waals surface area contributed by atoms with Crippen molar-refractivity contribution in [3.05, 3.63) is 35.9 Å². The molecule has 1 aromatic rings. The van der Waals surface area contributed by atoms with Crippen LogP contribution in [0.15, 0.2) is 30.3 Å². The molecule has 0 radical (unpaired) electrons. The highest BCUT2D eigenvalue weighted by molar-refractivity contribution is 5.85. The van der Waals surface area contributed by atoms with Crippen LogP contribution in [0.5, 0.6) is 0 Å². The van der Waals surface area contributed by atoms with Crippen molar-refractivity contribution >= 4 is 11.9 Å². The predicted molar refractivity (Wildman–Crippen MR) is 75.9 cm³/mol. The summed E-state index contributed by atoms with van der Waals surface area (Å²) in [5, 5.41) is 2.80. The molecule has 0 heterocycles. The van der Waals surface area contributed by atoms with Gasteiger partial charge >= 0.3 is 5.97 Å². The van der Waals surface area contributed by atoms with E-state index in [0.717, 1.165) is 18.4 Å². The topological polar surface area (TPSA) is 55.4 Å². The van der Waals surface area contributed by atoms with E-state index in [2.05, 4.69) is 5.32 Å². The van der Waals surface area contributed by atoms with E-state index in [1.807, 2.05) is 30.3 Å². The Kier molecular flexibility index (Phi) is 5.16. The lowest BCUT2D eigenvalue weighted by Crippen LogP contribution is -2.35. The minimum Gasteiger partial charge on any atom is -0.467 e. The SMILES string of the molecule is COC(=O)[C@@H](NC(=O)CC1CCCC1)c1ccccc1. The molecule has 0 bridgehead atoms. The van der Waals surface area contributed by atoms with Crippen molar-refractivity contribution in [2.45, 2.75) is 38.1 Å². The van der Waals surface area contributed by atoms with Crippen LogP contribution < -0.4 is 5.32 Å².